The minimum absolute atomic E-state index is 0.125. The van der Waals surface area contributed by atoms with Crippen LogP contribution in [0.4, 0.5) is 0 Å². The van der Waals surface area contributed by atoms with Crippen molar-refractivity contribution in [2.45, 2.75) is 20.3 Å². The molecule has 0 aliphatic rings. The summed E-state index contributed by atoms with van der Waals surface area (Å²) in [5.41, 5.74) is 4.81. The predicted molar refractivity (Wildman–Crippen MR) is 130 cm³/mol. The fourth-order valence-corrected chi connectivity index (χ4v) is 3.42. The van der Waals surface area contributed by atoms with Gasteiger partial charge in [-0.2, -0.15) is 5.10 Å². The number of carbonyl (C=O) groups excluding carboxylic acids is 2. The van der Waals surface area contributed by atoms with E-state index >= 15 is 0 Å². The van der Waals surface area contributed by atoms with Gasteiger partial charge in [-0.15, -0.1) is 0 Å². The third-order valence-corrected chi connectivity index (χ3v) is 5.17. The minimum Gasteiger partial charge on any atom is -0.355 e. The average molecular weight is 457 g/mol. The van der Waals surface area contributed by atoms with Gasteiger partial charge in [0.2, 0.25) is 5.91 Å². The van der Waals surface area contributed by atoms with Crippen LogP contribution in [-0.4, -0.2) is 55.7 Å². The highest BCUT2D eigenvalue weighted by Crippen LogP contribution is 2.28. The van der Waals surface area contributed by atoms with E-state index in [9.17, 15) is 9.59 Å². The number of carbonyl (C=O) groups is 2. The molecule has 4 N–H and O–H groups in total. The van der Waals surface area contributed by atoms with Gasteiger partial charge in [0.25, 0.3) is 5.91 Å². The van der Waals surface area contributed by atoms with E-state index in [4.69, 9.17) is 0 Å². The summed E-state index contributed by atoms with van der Waals surface area (Å²) in [5.74, 6) is 0.0765. The smallest absolute Gasteiger partial charge is 0.254 e. The van der Waals surface area contributed by atoms with Crippen LogP contribution in [0.5, 0.6) is 0 Å². The van der Waals surface area contributed by atoms with Gasteiger partial charge >= 0.3 is 0 Å². The molecule has 0 aliphatic heterocycles. The number of amides is 2. The normalized spacial score (nSPS) is 12.2. The number of rotatable bonds is 7. The molecule has 0 fully saturated rings. The maximum Gasteiger partial charge on any atom is 0.254 e. The van der Waals surface area contributed by atoms with Crippen LogP contribution in [0.2, 0.25) is 0 Å². The van der Waals surface area contributed by atoms with Crippen molar-refractivity contribution in [2.24, 2.45) is 4.99 Å². The van der Waals surface area contributed by atoms with Crippen molar-refractivity contribution in [1.82, 2.24) is 40.8 Å². The van der Waals surface area contributed by atoms with Crippen LogP contribution < -0.4 is 10.6 Å². The zero-order valence-corrected chi connectivity index (χ0v) is 18.9. The molecule has 0 atom stereocenters. The molecule has 4 aromatic rings. The predicted octanol–water partition coefficient (Wildman–Crippen LogP) is 2.73. The van der Waals surface area contributed by atoms with Gasteiger partial charge in [0.15, 0.2) is 11.5 Å². The lowest BCUT2D eigenvalue weighted by Gasteiger charge is -2.07. The molecule has 0 spiro atoms. The number of aliphatic imine (C=N–C) groups is 1. The Bertz CT molecular complexity index is 1480. The molecule has 2 amide bonds. The Morgan fingerprint density at radius 3 is 2.82 bits per heavy atom. The summed E-state index contributed by atoms with van der Waals surface area (Å²) >= 11 is 0. The van der Waals surface area contributed by atoms with E-state index in [0.717, 1.165) is 16.5 Å². The molecule has 11 heteroatoms. The second-order valence-corrected chi connectivity index (χ2v) is 7.44. The molecular formula is C23H23N9O2. The van der Waals surface area contributed by atoms with Crippen molar-refractivity contribution in [2.75, 3.05) is 7.05 Å². The molecule has 0 saturated carbocycles. The highest BCUT2D eigenvalue weighted by atomic mass is 16.2. The van der Waals surface area contributed by atoms with Crippen LogP contribution in [0.3, 0.4) is 0 Å². The standard InChI is InChI=1S/C23H23N9O2/c1-5-18(33)28-14(9-24-3)6-12(2)13-7-15-20(31-32-21(15)27-8-13)22-29-17-11-26-10-16(19(17)30-22)23(34)25-4/h6-11H,3,5H2,1-2,4H3,(H,25,34)(H,28,33)(H,29,30)(H,27,31,32)/b12-6+,14-9+. The first-order valence-electron chi connectivity index (χ1n) is 10.5. The largest absolute Gasteiger partial charge is 0.355 e. The molecule has 172 valence electrons. The van der Waals surface area contributed by atoms with Crippen molar-refractivity contribution in [1.29, 1.82) is 0 Å². The molecule has 0 aliphatic carbocycles. The Kier molecular flexibility index (Phi) is 6.26. The summed E-state index contributed by atoms with van der Waals surface area (Å²) in [6.45, 7) is 7.14. The van der Waals surface area contributed by atoms with Crippen LogP contribution in [0, 0.1) is 0 Å². The summed E-state index contributed by atoms with van der Waals surface area (Å²) in [6.07, 6.45) is 8.43. The van der Waals surface area contributed by atoms with E-state index in [1.807, 2.05) is 13.0 Å². The Morgan fingerprint density at radius 2 is 2.09 bits per heavy atom. The number of aromatic amines is 2. The van der Waals surface area contributed by atoms with Crippen molar-refractivity contribution >= 4 is 46.2 Å². The number of imidazole rings is 1. The van der Waals surface area contributed by atoms with Crippen LogP contribution >= 0.6 is 0 Å². The lowest BCUT2D eigenvalue weighted by molar-refractivity contribution is -0.120. The Balaban J connectivity index is 1.76. The summed E-state index contributed by atoms with van der Waals surface area (Å²) < 4.78 is 0. The zero-order chi connectivity index (χ0) is 24.2. The van der Waals surface area contributed by atoms with Crippen LogP contribution in [0.15, 0.2) is 47.6 Å². The van der Waals surface area contributed by atoms with E-state index in [0.29, 0.717) is 45.9 Å². The molecule has 34 heavy (non-hydrogen) atoms. The minimum atomic E-state index is -0.277. The van der Waals surface area contributed by atoms with Gasteiger partial charge < -0.3 is 15.6 Å². The van der Waals surface area contributed by atoms with E-state index < -0.39 is 0 Å². The molecule has 0 aromatic carbocycles. The first kappa shape index (κ1) is 22.5. The summed E-state index contributed by atoms with van der Waals surface area (Å²) in [5, 5.41) is 13.4. The third-order valence-electron chi connectivity index (χ3n) is 5.17. The maximum atomic E-state index is 12.2. The molecule has 4 rings (SSSR count). The number of H-pyrrole nitrogens is 2. The molecule has 0 unspecified atom stereocenters. The maximum absolute atomic E-state index is 12.2. The SMILES string of the molecule is C=N/C=C(\C=C(/C)c1cnc2[nH]nc(-c3nc4c(C(=O)NC)cncc4[nH]3)c2c1)NC(=O)CC. The van der Waals surface area contributed by atoms with Crippen molar-refractivity contribution in [3.05, 3.63) is 53.8 Å². The van der Waals surface area contributed by atoms with Gasteiger partial charge in [0.1, 0.15) is 11.2 Å². The van der Waals surface area contributed by atoms with E-state index in [1.54, 1.807) is 32.4 Å². The lowest BCUT2D eigenvalue weighted by Crippen LogP contribution is -2.20. The quantitative estimate of drug-likeness (QED) is 0.247. The number of aromatic nitrogens is 6. The second kappa shape index (κ2) is 9.45. The monoisotopic (exact) mass is 457 g/mol. The fourth-order valence-electron chi connectivity index (χ4n) is 3.42. The summed E-state index contributed by atoms with van der Waals surface area (Å²) in [6, 6.07) is 1.93. The Hall–Kier alpha value is -4.67. The molecule has 4 heterocycles. The van der Waals surface area contributed by atoms with Gasteiger partial charge in [-0.25, -0.2) is 9.97 Å². The van der Waals surface area contributed by atoms with Gasteiger partial charge in [-0.3, -0.25) is 24.7 Å². The van der Waals surface area contributed by atoms with E-state index in [1.165, 1.54) is 12.4 Å². The molecule has 0 saturated heterocycles. The number of hydrogen-bond acceptors (Lipinski definition) is 7. The Labute approximate surface area is 194 Å². The van der Waals surface area contributed by atoms with Gasteiger partial charge in [0.05, 0.1) is 28.4 Å². The number of nitrogens with one attached hydrogen (secondary N) is 4. The van der Waals surface area contributed by atoms with Gasteiger partial charge in [-0.1, -0.05) is 6.92 Å². The zero-order valence-electron chi connectivity index (χ0n) is 18.9. The number of hydrogen-bond donors (Lipinski definition) is 4. The number of fused-ring (bicyclic) bond motifs is 2. The number of nitrogens with zero attached hydrogens (tertiary/aromatic N) is 5. The first-order valence-corrected chi connectivity index (χ1v) is 10.5. The molecule has 4 aromatic heterocycles. The highest BCUT2D eigenvalue weighted by molar-refractivity contribution is 6.05. The topological polar surface area (TPSA) is 154 Å². The van der Waals surface area contributed by atoms with Crippen LogP contribution in [-0.2, 0) is 4.79 Å². The molecule has 11 nitrogen and oxygen atoms in total. The Morgan fingerprint density at radius 1 is 1.26 bits per heavy atom. The molecular weight excluding hydrogens is 434 g/mol. The van der Waals surface area contributed by atoms with Crippen molar-refractivity contribution in [3.8, 4) is 11.5 Å². The fraction of sp³-hybridized carbons (Fsp3) is 0.174. The summed E-state index contributed by atoms with van der Waals surface area (Å²) in [4.78, 5) is 44.1. The molecule has 0 bridgehead atoms. The van der Waals surface area contributed by atoms with E-state index in [2.05, 4.69) is 52.5 Å². The van der Waals surface area contributed by atoms with E-state index in [-0.39, 0.29) is 11.8 Å². The second-order valence-electron chi connectivity index (χ2n) is 7.44. The van der Waals surface area contributed by atoms with Crippen molar-refractivity contribution in [3.63, 3.8) is 0 Å². The van der Waals surface area contributed by atoms with Crippen LogP contribution in [0.1, 0.15) is 36.2 Å². The van der Waals surface area contributed by atoms with Gasteiger partial charge in [0, 0.05) is 32.1 Å². The van der Waals surface area contributed by atoms with Crippen molar-refractivity contribution < 1.29 is 9.59 Å². The van der Waals surface area contributed by atoms with Crippen LogP contribution in [0.25, 0.3) is 39.2 Å². The number of allylic oxidation sites excluding steroid dienone is 2. The first-order chi connectivity index (χ1) is 16.4. The highest BCUT2D eigenvalue weighted by Gasteiger charge is 2.18. The number of pyridine rings is 2. The lowest BCUT2D eigenvalue weighted by atomic mass is 10.1. The molecule has 0 radical (unpaired) electrons. The third kappa shape index (κ3) is 4.31. The average Bonchev–Trinajstić information content (AvgIpc) is 3.46. The summed E-state index contributed by atoms with van der Waals surface area (Å²) in [7, 11) is 1.55. The van der Waals surface area contributed by atoms with Gasteiger partial charge in [-0.05, 0) is 36.9 Å².